The molecule has 1 N–H and O–H groups in total. The van der Waals surface area contributed by atoms with E-state index in [0.29, 0.717) is 39.3 Å². The molecule has 8 nitrogen and oxygen atoms in total. The highest BCUT2D eigenvalue weighted by molar-refractivity contribution is 7.86. The highest BCUT2D eigenvalue weighted by atomic mass is 32.2. The Kier molecular flexibility index (Phi) is 5.44. The molecule has 2 heterocycles. The second-order valence-electron chi connectivity index (χ2n) is 6.03. The number of aliphatic carboxylic acids is 1. The van der Waals surface area contributed by atoms with Crippen LogP contribution in [0.15, 0.2) is 0 Å². The van der Waals surface area contributed by atoms with Gasteiger partial charge in [0.25, 0.3) is 10.2 Å². The number of ether oxygens (including phenoxy) is 1. The zero-order valence-corrected chi connectivity index (χ0v) is 14.1. The summed E-state index contributed by atoms with van der Waals surface area (Å²) in [6, 6.07) is -0.590. The van der Waals surface area contributed by atoms with Crippen LogP contribution in [0, 0.1) is 0 Å². The van der Waals surface area contributed by atoms with Crippen molar-refractivity contribution in [3.8, 4) is 0 Å². The van der Waals surface area contributed by atoms with Crippen LogP contribution in [0.25, 0.3) is 0 Å². The number of piperazine rings is 1. The van der Waals surface area contributed by atoms with Crippen molar-refractivity contribution in [2.75, 3.05) is 39.3 Å². The van der Waals surface area contributed by atoms with E-state index in [1.807, 2.05) is 13.8 Å². The Hall–Kier alpha value is -0.740. The van der Waals surface area contributed by atoms with Crippen molar-refractivity contribution in [3.05, 3.63) is 0 Å². The van der Waals surface area contributed by atoms with Crippen molar-refractivity contribution in [2.24, 2.45) is 0 Å². The monoisotopic (exact) mass is 335 g/mol. The van der Waals surface area contributed by atoms with Gasteiger partial charge in [0.05, 0.1) is 12.2 Å². The van der Waals surface area contributed by atoms with Crippen molar-refractivity contribution in [2.45, 2.75) is 39.0 Å². The number of morpholine rings is 1. The normalized spacial score (nSPS) is 31.0. The number of hydrogen-bond donors (Lipinski definition) is 1. The summed E-state index contributed by atoms with van der Waals surface area (Å²) in [6.07, 6.45) is -0.237. The van der Waals surface area contributed by atoms with Crippen LogP contribution in [0.5, 0.6) is 0 Å². The molecule has 2 saturated heterocycles. The highest BCUT2D eigenvalue weighted by Gasteiger charge is 2.37. The first kappa shape index (κ1) is 17.6. The number of rotatable bonds is 4. The minimum absolute atomic E-state index is 0.119. The maximum atomic E-state index is 12.7. The summed E-state index contributed by atoms with van der Waals surface area (Å²) in [4.78, 5) is 12.8. The third-order valence-corrected chi connectivity index (χ3v) is 6.19. The summed E-state index contributed by atoms with van der Waals surface area (Å²) in [7, 11) is -3.51. The fourth-order valence-corrected chi connectivity index (χ4v) is 4.71. The van der Waals surface area contributed by atoms with E-state index >= 15 is 0 Å². The summed E-state index contributed by atoms with van der Waals surface area (Å²) in [5, 5.41) is 9.03. The van der Waals surface area contributed by atoms with Gasteiger partial charge in [0.2, 0.25) is 0 Å². The topological polar surface area (TPSA) is 90.4 Å². The molecule has 0 aliphatic carbocycles. The van der Waals surface area contributed by atoms with Crippen LogP contribution < -0.4 is 0 Å². The Labute approximate surface area is 131 Å². The maximum Gasteiger partial charge on any atom is 0.320 e. The Morgan fingerprint density at radius 1 is 1.09 bits per heavy atom. The predicted octanol–water partition coefficient (Wildman–Crippen LogP) is -0.569. The van der Waals surface area contributed by atoms with Crippen molar-refractivity contribution in [1.82, 2.24) is 13.5 Å². The van der Waals surface area contributed by atoms with Crippen LogP contribution in [-0.2, 0) is 19.7 Å². The van der Waals surface area contributed by atoms with Gasteiger partial charge in [0, 0.05) is 39.3 Å². The van der Waals surface area contributed by atoms with E-state index in [4.69, 9.17) is 9.84 Å². The van der Waals surface area contributed by atoms with Crippen molar-refractivity contribution in [1.29, 1.82) is 0 Å². The van der Waals surface area contributed by atoms with E-state index < -0.39 is 22.2 Å². The lowest BCUT2D eigenvalue weighted by molar-refractivity contribution is -0.143. The number of carbonyl (C=O) groups is 1. The molecule has 22 heavy (non-hydrogen) atoms. The van der Waals surface area contributed by atoms with Crippen LogP contribution in [-0.4, -0.2) is 90.5 Å². The van der Waals surface area contributed by atoms with E-state index in [9.17, 15) is 13.2 Å². The smallest absolute Gasteiger partial charge is 0.320 e. The van der Waals surface area contributed by atoms with Gasteiger partial charge in [0.1, 0.15) is 6.04 Å². The van der Waals surface area contributed by atoms with Gasteiger partial charge in [-0.3, -0.25) is 9.69 Å². The highest BCUT2D eigenvalue weighted by Crippen LogP contribution is 2.19. The van der Waals surface area contributed by atoms with Crippen LogP contribution in [0.4, 0.5) is 0 Å². The molecule has 0 spiro atoms. The third kappa shape index (κ3) is 3.77. The molecule has 2 rings (SSSR count). The van der Waals surface area contributed by atoms with Crippen molar-refractivity contribution < 1.29 is 23.1 Å². The predicted molar refractivity (Wildman–Crippen MR) is 80.7 cm³/mol. The van der Waals surface area contributed by atoms with Gasteiger partial charge in [0.15, 0.2) is 0 Å². The average Bonchev–Trinajstić information content (AvgIpc) is 2.45. The fraction of sp³-hybridized carbons (Fsp3) is 0.923. The first-order valence-electron chi connectivity index (χ1n) is 7.59. The molecular formula is C13H25N3O5S. The van der Waals surface area contributed by atoms with Gasteiger partial charge in [-0.1, -0.05) is 0 Å². The Bertz CT molecular complexity index is 494. The van der Waals surface area contributed by atoms with E-state index in [-0.39, 0.29) is 12.2 Å². The molecule has 3 atom stereocenters. The molecular weight excluding hydrogens is 310 g/mol. The van der Waals surface area contributed by atoms with Crippen LogP contribution in [0.1, 0.15) is 20.8 Å². The summed E-state index contributed by atoms with van der Waals surface area (Å²) in [6.45, 7) is 7.58. The third-order valence-electron chi connectivity index (χ3n) is 4.22. The van der Waals surface area contributed by atoms with Gasteiger partial charge >= 0.3 is 5.97 Å². The molecule has 0 amide bonds. The first-order chi connectivity index (χ1) is 10.2. The van der Waals surface area contributed by atoms with Gasteiger partial charge in [-0.15, -0.1) is 0 Å². The number of nitrogens with zero attached hydrogens (tertiary/aromatic N) is 3. The quantitative estimate of drug-likeness (QED) is 0.740. The lowest BCUT2D eigenvalue weighted by atomic mass is 10.2. The van der Waals surface area contributed by atoms with Crippen LogP contribution in [0.2, 0.25) is 0 Å². The Morgan fingerprint density at radius 3 is 2.05 bits per heavy atom. The molecule has 0 radical (unpaired) electrons. The van der Waals surface area contributed by atoms with Gasteiger partial charge in [-0.25, -0.2) is 0 Å². The second kappa shape index (κ2) is 6.79. The molecule has 2 aliphatic heterocycles. The second-order valence-corrected chi connectivity index (χ2v) is 7.96. The lowest BCUT2D eigenvalue weighted by Crippen LogP contribution is -2.58. The molecule has 2 fully saturated rings. The summed E-state index contributed by atoms with van der Waals surface area (Å²) >= 11 is 0. The van der Waals surface area contributed by atoms with E-state index in [0.717, 1.165) is 0 Å². The minimum Gasteiger partial charge on any atom is -0.480 e. The summed E-state index contributed by atoms with van der Waals surface area (Å²) < 4.78 is 33.9. The Morgan fingerprint density at radius 2 is 1.59 bits per heavy atom. The molecule has 0 aromatic carbocycles. The molecule has 0 bridgehead atoms. The molecule has 9 heteroatoms. The van der Waals surface area contributed by atoms with Gasteiger partial charge < -0.3 is 9.84 Å². The molecule has 0 aromatic heterocycles. The molecule has 0 unspecified atom stereocenters. The average molecular weight is 335 g/mol. The maximum absolute atomic E-state index is 12.7. The molecule has 128 valence electrons. The van der Waals surface area contributed by atoms with Crippen LogP contribution >= 0.6 is 0 Å². The number of hydrogen-bond acceptors (Lipinski definition) is 5. The van der Waals surface area contributed by atoms with Gasteiger partial charge in [-0.2, -0.15) is 17.0 Å². The zero-order valence-electron chi connectivity index (χ0n) is 13.3. The first-order valence-corrected chi connectivity index (χ1v) is 8.99. The molecule has 2 aliphatic rings. The Balaban J connectivity index is 1.99. The van der Waals surface area contributed by atoms with Gasteiger partial charge in [-0.05, 0) is 20.8 Å². The molecule has 0 aromatic rings. The fourth-order valence-electron chi connectivity index (χ4n) is 2.96. The standard InChI is InChI=1S/C13H25N3O5S/c1-10-8-16(9-11(2)21-10)22(19,20)15-6-4-14(5-7-15)12(3)13(17)18/h10-12H,4-9H2,1-3H3,(H,17,18)/t10-,11-,12-/m1/s1. The van der Waals surface area contributed by atoms with E-state index in [1.165, 1.54) is 8.61 Å². The zero-order chi connectivity index (χ0) is 16.5. The summed E-state index contributed by atoms with van der Waals surface area (Å²) in [5.41, 5.74) is 0. The minimum atomic E-state index is -3.51. The number of carboxylic acid groups (broad SMARTS) is 1. The largest absolute Gasteiger partial charge is 0.480 e. The molecule has 0 saturated carbocycles. The lowest BCUT2D eigenvalue weighted by Gasteiger charge is -2.40. The van der Waals surface area contributed by atoms with Crippen LogP contribution in [0.3, 0.4) is 0 Å². The van der Waals surface area contributed by atoms with Crippen molar-refractivity contribution >= 4 is 16.2 Å². The van der Waals surface area contributed by atoms with E-state index in [1.54, 1.807) is 11.8 Å². The number of carboxylic acids is 1. The van der Waals surface area contributed by atoms with Crippen molar-refractivity contribution in [3.63, 3.8) is 0 Å². The van der Waals surface area contributed by atoms with E-state index in [2.05, 4.69) is 0 Å². The summed E-state index contributed by atoms with van der Waals surface area (Å²) in [5.74, 6) is -0.882. The SMILES string of the molecule is C[C@@H]1CN(S(=O)(=O)N2CCN([C@H](C)C(=O)O)CC2)C[C@@H](C)O1.